The van der Waals surface area contributed by atoms with Crippen molar-refractivity contribution < 1.29 is 37.4 Å². The predicted molar refractivity (Wildman–Crippen MR) is 339 cm³/mol. The maximum atomic E-state index is 17.3. The SMILES string of the molecule is C=CC(=O)N1CC2CN(C)c3c(F)c(-c4c(O)cccc4Cl)c(F)c4c3c(nc(=O)n4-c3c(C)ccnc3C(C)C)N2CC1C.C=CC(=O)N1CC2CNc3c(F)c(-c4c(O)cccc4Cl)c(F)c4c3c(nc(=O)n4-c3c(C)ccnc3C(C)C)N2CC1C. The molecule has 0 bridgehead atoms. The predicted octanol–water partition coefficient (Wildman–Crippen LogP) is 11.1. The molecule has 3 N–H and O–H groups in total. The van der Waals surface area contributed by atoms with Gasteiger partial charge in [0.25, 0.3) is 0 Å². The molecule has 18 nitrogen and oxygen atoms in total. The van der Waals surface area contributed by atoms with Gasteiger partial charge in [0.05, 0.1) is 78.2 Å². The number of fused-ring (bicyclic) bond motifs is 4. The second-order valence-electron chi connectivity index (χ2n) is 23.5. The topological polar surface area (TPSA) is 198 Å². The van der Waals surface area contributed by atoms with Crippen LogP contribution in [-0.4, -0.2) is 131 Å². The number of hydrogen-bond acceptors (Lipinski definition) is 14. The summed E-state index contributed by atoms with van der Waals surface area (Å²) in [7, 11) is 1.67. The minimum atomic E-state index is -1.09. The fourth-order valence-corrected chi connectivity index (χ4v) is 13.6. The summed E-state index contributed by atoms with van der Waals surface area (Å²) in [5.41, 5.74) is -0.693. The fraction of sp³-hybridized carbons (Fsp3) is 0.323. The number of aromatic hydroxyl groups is 2. The highest BCUT2D eigenvalue weighted by Gasteiger charge is 2.44. The van der Waals surface area contributed by atoms with Crippen LogP contribution >= 0.6 is 23.2 Å². The molecule has 4 atom stereocenters. The molecule has 8 heterocycles. The van der Waals surface area contributed by atoms with E-state index in [4.69, 9.17) is 23.2 Å². The molecule has 4 aromatic carbocycles. The van der Waals surface area contributed by atoms with E-state index in [2.05, 4.69) is 38.4 Å². The van der Waals surface area contributed by atoms with Crippen molar-refractivity contribution in [3.63, 3.8) is 0 Å². The summed E-state index contributed by atoms with van der Waals surface area (Å²) in [5.74, 6) is -5.56. The van der Waals surface area contributed by atoms with Crippen molar-refractivity contribution in [2.45, 2.75) is 91.4 Å². The van der Waals surface area contributed by atoms with Crippen LogP contribution in [0, 0.1) is 37.1 Å². The molecule has 0 saturated carbocycles. The molecule has 12 rings (SSSR count). The minimum absolute atomic E-state index is 0.00624. The molecular formula is C65H64Cl2F4N12O6. The Morgan fingerprint density at radius 1 is 0.618 bits per heavy atom. The number of amides is 2. The van der Waals surface area contributed by atoms with Crippen LogP contribution in [0.5, 0.6) is 11.5 Å². The first-order valence-electron chi connectivity index (χ1n) is 29.0. The molecule has 462 valence electrons. The standard InChI is InChI=1S/C33H33ClF2N6O3.C32H31ClF2N6O3/c1-7-22(44)40-15-19-14-39(6)30-25-31(27(36)24(26(30)35)23-20(34)9-8-10-21(23)43)42(29-17(4)11-12-37-28(29)16(2)3)33(45)38-32(25)41(19)13-18(40)5;1-6-21(43)39-14-18-12-37-28-24-30(26(35)23(25(28)34)22-19(33)8-7-9-20(22)42)41(29-16(4)10-11-36-27(29)15(2)3)32(44)38-31(24)40(18)13-17(39)5/h7-12,16,18-19,43H,1,13-15H2,2-6H3;6-11,15,17-18,37,42H,1,12-14H2,2-5H3. The highest BCUT2D eigenvalue weighted by Crippen LogP contribution is 2.51. The number of nitrogens with one attached hydrogen (secondary N) is 1. The van der Waals surface area contributed by atoms with Crippen molar-refractivity contribution in [2.24, 2.45) is 0 Å². The summed E-state index contributed by atoms with van der Waals surface area (Å²) in [5, 5.41) is 24.8. The highest BCUT2D eigenvalue weighted by molar-refractivity contribution is 6.34. The molecule has 0 radical (unpaired) electrons. The molecular weight excluding hydrogens is 1190 g/mol. The molecule has 0 aliphatic carbocycles. The summed E-state index contributed by atoms with van der Waals surface area (Å²) in [6, 6.07) is 10.3. The van der Waals surface area contributed by atoms with E-state index in [0.717, 1.165) is 4.57 Å². The van der Waals surface area contributed by atoms with Gasteiger partial charge in [0, 0.05) is 81.9 Å². The Balaban J connectivity index is 0.000000184. The average molecular weight is 1260 g/mol. The van der Waals surface area contributed by atoms with E-state index in [9.17, 15) is 29.4 Å². The van der Waals surface area contributed by atoms with Gasteiger partial charge in [-0.25, -0.2) is 27.2 Å². The number of aromatic nitrogens is 6. The number of pyridine rings is 2. The molecule has 24 heteroatoms. The van der Waals surface area contributed by atoms with Gasteiger partial charge in [0.2, 0.25) is 11.8 Å². The number of halogens is 6. The molecule has 2 amide bonds. The number of likely N-dealkylation sites (N-methyl/N-ethyl adjacent to an activating group) is 1. The van der Waals surface area contributed by atoms with Crippen LogP contribution in [0.1, 0.15) is 75.9 Å². The summed E-state index contributed by atoms with van der Waals surface area (Å²) in [4.78, 5) is 80.4. The Labute approximate surface area is 519 Å². The fourth-order valence-electron chi connectivity index (χ4n) is 13.1. The maximum Gasteiger partial charge on any atom is 0.354 e. The van der Waals surface area contributed by atoms with Gasteiger partial charge in [-0.1, -0.05) is 76.2 Å². The first kappa shape index (κ1) is 61.6. The van der Waals surface area contributed by atoms with E-state index in [0.29, 0.717) is 33.9 Å². The van der Waals surface area contributed by atoms with Crippen LogP contribution in [0.4, 0.5) is 40.6 Å². The summed E-state index contributed by atoms with van der Waals surface area (Å²) in [6.45, 7) is 23.5. The maximum absolute atomic E-state index is 17.3. The second-order valence-corrected chi connectivity index (χ2v) is 24.4. The molecule has 89 heavy (non-hydrogen) atoms. The zero-order valence-corrected chi connectivity index (χ0v) is 51.8. The van der Waals surface area contributed by atoms with Crippen molar-refractivity contribution in [2.75, 3.05) is 66.3 Å². The lowest BCUT2D eigenvalue weighted by Crippen LogP contribution is -2.61. The van der Waals surface area contributed by atoms with E-state index in [1.807, 2.05) is 51.3 Å². The number of carbonyl (C=O) groups is 2. The van der Waals surface area contributed by atoms with Crippen LogP contribution < -0.4 is 31.4 Å². The third kappa shape index (κ3) is 10.0. The number of phenolic OH excluding ortho intramolecular Hbond substituents is 2. The molecule has 4 aliphatic heterocycles. The van der Waals surface area contributed by atoms with Gasteiger partial charge in [-0.05, 0) is 99.2 Å². The third-order valence-corrected chi connectivity index (χ3v) is 17.8. The number of carbonyl (C=O) groups excluding carboxylic acids is 2. The van der Waals surface area contributed by atoms with Crippen LogP contribution in [-0.2, 0) is 9.59 Å². The average Bonchev–Trinajstić information content (AvgIpc) is 1.71. The lowest BCUT2D eigenvalue weighted by Gasteiger charge is -2.45. The molecule has 0 spiro atoms. The number of aryl methyl sites for hydroxylation is 2. The van der Waals surface area contributed by atoms with E-state index in [1.54, 1.807) is 60.1 Å². The molecule has 8 aromatic rings. The number of hydrogen-bond donors (Lipinski definition) is 3. The monoisotopic (exact) mass is 1250 g/mol. The quantitative estimate of drug-likeness (QED) is 0.0959. The number of rotatable bonds is 8. The summed E-state index contributed by atoms with van der Waals surface area (Å²) < 4.78 is 70.6. The Morgan fingerprint density at radius 3 is 1.52 bits per heavy atom. The van der Waals surface area contributed by atoms with Crippen molar-refractivity contribution in [1.29, 1.82) is 0 Å². The first-order chi connectivity index (χ1) is 42.3. The number of nitrogens with zero attached hydrogens (tertiary/aromatic N) is 11. The lowest BCUT2D eigenvalue weighted by molar-refractivity contribution is -0.129. The first-order valence-corrected chi connectivity index (χ1v) is 29.8. The number of piperazine rings is 2. The van der Waals surface area contributed by atoms with Gasteiger partial charge < -0.3 is 40.0 Å². The molecule has 4 aromatic heterocycles. The van der Waals surface area contributed by atoms with Crippen molar-refractivity contribution in [3.8, 4) is 45.1 Å². The van der Waals surface area contributed by atoms with Gasteiger partial charge in [-0.3, -0.25) is 28.7 Å². The van der Waals surface area contributed by atoms with Crippen LogP contribution in [0.3, 0.4) is 0 Å². The van der Waals surface area contributed by atoms with Gasteiger partial charge in [-0.15, -0.1) is 0 Å². The van der Waals surface area contributed by atoms with Gasteiger partial charge in [-0.2, -0.15) is 9.97 Å². The van der Waals surface area contributed by atoms with Crippen LogP contribution in [0.2, 0.25) is 10.0 Å². The second kappa shape index (κ2) is 23.5. The number of anilines is 4. The Kier molecular flexibility index (Phi) is 16.3. The van der Waals surface area contributed by atoms with Gasteiger partial charge in [0.15, 0.2) is 23.3 Å². The van der Waals surface area contributed by atoms with Crippen LogP contribution in [0.15, 0.2) is 95.8 Å². The zero-order chi connectivity index (χ0) is 64.1. The highest BCUT2D eigenvalue weighted by atomic mass is 35.5. The number of phenols is 2. The molecule has 2 fully saturated rings. The van der Waals surface area contributed by atoms with Crippen molar-refractivity contribution in [3.05, 3.63) is 163 Å². The summed E-state index contributed by atoms with van der Waals surface area (Å²) >= 11 is 12.9. The van der Waals surface area contributed by atoms with Gasteiger partial charge >= 0.3 is 11.4 Å². The van der Waals surface area contributed by atoms with E-state index < -0.39 is 69.4 Å². The number of benzene rings is 4. The molecule has 4 unspecified atom stereocenters. The van der Waals surface area contributed by atoms with Gasteiger partial charge in [0.1, 0.15) is 34.2 Å². The van der Waals surface area contributed by atoms with Crippen molar-refractivity contribution in [1.82, 2.24) is 38.9 Å². The van der Waals surface area contributed by atoms with Crippen molar-refractivity contribution >= 4 is 79.8 Å². The normalized spacial score (nSPS) is 17.9. The zero-order valence-electron chi connectivity index (χ0n) is 50.3. The lowest BCUT2D eigenvalue weighted by atomic mass is 9.97. The molecule has 4 aliphatic rings. The van der Waals surface area contributed by atoms with Crippen LogP contribution in [0.25, 0.3) is 55.4 Å². The largest absolute Gasteiger partial charge is 0.507 e. The summed E-state index contributed by atoms with van der Waals surface area (Å²) in [6.07, 6.45) is 5.72. The minimum Gasteiger partial charge on any atom is -0.507 e. The smallest absolute Gasteiger partial charge is 0.354 e. The Hall–Kier alpha value is -9.02. The van der Waals surface area contributed by atoms with E-state index in [1.165, 1.54) is 53.1 Å². The van der Waals surface area contributed by atoms with E-state index >= 15 is 17.6 Å². The third-order valence-electron chi connectivity index (χ3n) is 17.2. The van der Waals surface area contributed by atoms with E-state index in [-0.39, 0.29) is 141 Å². The Morgan fingerprint density at radius 2 is 1.06 bits per heavy atom. The molecule has 2 saturated heterocycles. The Bertz CT molecular complexity index is 4410.